The summed E-state index contributed by atoms with van der Waals surface area (Å²) in [5, 5.41) is 0. The van der Waals surface area contributed by atoms with Gasteiger partial charge in [0, 0.05) is 12.1 Å². The molecule has 0 fully saturated rings. The number of carbonyl (C=O) groups excluding carboxylic acids is 2. The molecule has 0 bridgehead atoms. The number of methoxy groups -OCH3 is 4. The number of rotatable bonds is 6. The van der Waals surface area contributed by atoms with Crippen molar-refractivity contribution >= 4 is 11.9 Å². The molecule has 0 aliphatic rings. The third-order valence-electron chi connectivity index (χ3n) is 3.36. The van der Waals surface area contributed by atoms with Gasteiger partial charge in [0.2, 0.25) is 0 Å². The Balaban J connectivity index is 2.24. The fourth-order valence-electron chi connectivity index (χ4n) is 2.05. The van der Waals surface area contributed by atoms with Crippen molar-refractivity contribution in [2.24, 2.45) is 0 Å². The maximum absolute atomic E-state index is 12.3. The summed E-state index contributed by atoms with van der Waals surface area (Å²) in [4.78, 5) is 24.5. The number of carbonyl (C=O) groups is 2. The maximum Gasteiger partial charge on any atom is 0.346 e. The number of benzene rings is 2. The summed E-state index contributed by atoms with van der Waals surface area (Å²) < 4.78 is 25.3. The largest absolute Gasteiger partial charge is 0.497 e. The molecule has 25 heavy (non-hydrogen) atoms. The molecule has 7 nitrogen and oxygen atoms in total. The van der Waals surface area contributed by atoms with Crippen LogP contribution in [0.25, 0.3) is 0 Å². The van der Waals surface area contributed by atoms with Crippen molar-refractivity contribution in [3.8, 4) is 23.0 Å². The molecule has 0 saturated heterocycles. The van der Waals surface area contributed by atoms with E-state index >= 15 is 0 Å². The first-order valence-corrected chi connectivity index (χ1v) is 7.23. The van der Waals surface area contributed by atoms with Gasteiger partial charge in [-0.15, -0.1) is 0 Å². The normalized spacial score (nSPS) is 9.92. The van der Waals surface area contributed by atoms with Gasteiger partial charge in [0.05, 0.1) is 39.6 Å². The number of ether oxygens (including phenoxy) is 5. The van der Waals surface area contributed by atoms with Gasteiger partial charge < -0.3 is 23.7 Å². The average molecular weight is 346 g/mol. The molecule has 0 aromatic heterocycles. The first-order valence-electron chi connectivity index (χ1n) is 7.23. The fraction of sp³-hybridized carbons (Fsp3) is 0.222. The standard InChI is InChI=1S/C18H18O7/c1-21-13-5-11(6-14(9-13)22-2)17(19)25-18(20)12-7-15(23-3)10-16(8-12)24-4/h5-10H,1-4H3. The van der Waals surface area contributed by atoms with Crippen LogP contribution in [-0.2, 0) is 4.74 Å². The summed E-state index contributed by atoms with van der Waals surface area (Å²) in [5.74, 6) is -0.0415. The van der Waals surface area contributed by atoms with Crippen LogP contribution >= 0.6 is 0 Å². The van der Waals surface area contributed by atoms with E-state index in [2.05, 4.69) is 0 Å². The maximum atomic E-state index is 12.3. The van der Waals surface area contributed by atoms with E-state index in [1.807, 2.05) is 0 Å². The number of esters is 2. The fourth-order valence-corrected chi connectivity index (χ4v) is 2.05. The minimum atomic E-state index is -0.830. The van der Waals surface area contributed by atoms with Crippen LogP contribution in [0, 0.1) is 0 Å². The molecule has 7 heteroatoms. The minimum Gasteiger partial charge on any atom is -0.497 e. The Bertz CT molecular complexity index is 673. The SMILES string of the molecule is COc1cc(OC)cc(C(=O)OC(=O)c2cc(OC)cc(OC)c2)c1. The lowest BCUT2D eigenvalue weighted by Gasteiger charge is -2.09. The summed E-state index contributed by atoms with van der Waals surface area (Å²) in [6, 6.07) is 9.00. The van der Waals surface area contributed by atoms with E-state index in [0.29, 0.717) is 23.0 Å². The summed E-state index contributed by atoms with van der Waals surface area (Å²) in [6.07, 6.45) is 0. The molecule has 2 rings (SSSR count). The van der Waals surface area contributed by atoms with Gasteiger partial charge in [-0.1, -0.05) is 0 Å². The lowest BCUT2D eigenvalue weighted by Crippen LogP contribution is -2.13. The van der Waals surface area contributed by atoms with Crippen molar-refractivity contribution in [2.45, 2.75) is 0 Å². The monoisotopic (exact) mass is 346 g/mol. The van der Waals surface area contributed by atoms with Gasteiger partial charge in [-0.2, -0.15) is 0 Å². The highest BCUT2D eigenvalue weighted by molar-refractivity contribution is 6.03. The molecule has 0 saturated carbocycles. The van der Waals surface area contributed by atoms with Crippen LogP contribution < -0.4 is 18.9 Å². The van der Waals surface area contributed by atoms with Crippen molar-refractivity contribution in [3.63, 3.8) is 0 Å². The number of hydrogen-bond donors (Lipinski definition) is 0. The van der Waals surface area contributed by atoms with E-state index in [4.69, 9.17) is 23.7 Å². The third-order valence-corrected chi connectivity index (χ3v) is 3.36. The van der Waals surface area contributed by atoms with Gasteiger partial charge in [-0.25, -0.2) is 9.59 Å². The molecule has 0 aliphatic carbocycles. The van der Waals surface area contributed by atoms with Gasteiger partial charge in [-0.05, 0) is 24.3 Å². The zero-order valence-corrected chi connectivity index (χ0v) is 14.3. The highest BCUT2D eigenvalue weighted by atomic mass is 16.6. The Morgan fingerprint density at radius 1 is 0.560 bits per heavy atom. The molecule has 0 N–H and O–H groups in total. The highest BCUT2D eigenvalue weighted by Crippen LogP contribution is 2.25. The topological polar surface area (TPSA) is 80.3 Å². The summed E-state index contributed by atoms with van der Waals surface area (Å²) in [6.45, 7) is 0. The van der Waals surface area contributed by atoms with Crippen molar-refractivity contribution in [1.29, 1.82) is 0 Å². The van der Waals surface area contributed by atoms with Crippen molar-refractivity contribution in [3.05, 3.63) is 47.5 Å². The van der Waals surface area contributed by atoms with Crippen LogP contribution in [0.5, 0.6) is 23.0 Å². The van der Waals surface area contributed by atoms with E-state index < -0.39 is 11.9 Å². The second-order valence-corrected chi connectivity index (χ2v) is 4.88. The van der Waals surface area contributed by atoms with Crippen molar-refractivity contribution in [2.75, 3.05) is 28.4 Å². The summed E-state index contributed by atoms with van der Waals surface area (Å²) >= 11 is 0. The smallest absolute Gasteiger partial charge is 0.346 e. The van der Waals surface area contributed by atoms with Crippen molar-refractivity contribution < 1.29 is 33.3 Å². The van der Waals surface area contributed by atoms with Gasteiger partial charge in [0.1, 0.15) is 23.0 Å². The first kappa shape index (κ1) is 18.1. The van der Waals surface area contributed by atoms with Crippen LogP contribution in [0.4, 0.5) is 0 Å². The molecule has 132 valence electrons. The Hall–Kier alpha value is -3.22. The highest BCUT2D eigenvalue weighted by Gasteiger charge is 2.18. The van der Waals surface area contributed by atoms with E-state index in [1.165, 1.54) is 52.7 Å². The molecule has 0 radical (unpaired) electrons. The molecule has 0 unspecified atom stereocenters. The van der Waals surface area contributed by atoms with Gasteiger partial charge in [0.15, 0.2) is 0 Å². The molecular weight excluding hydrogens is 328 g/mol. The molecule has 2 aromatic rings. The van der Waals surface area contributed by atoms with Crippen molar-refractivity contribution in [1.82, 2.24) is 0 Å². The quantitative estimate of drug-likeness (QED) is 0.587. The van der Waals surface area contributed by atoms with Crippen LogP contribution in [-0.4, -0.2) is 40.4 Å². The first-order chi connectivity index (χ1) is 12.0. The molecular formula is C18H18O7. The second-order valence-electron chi connectivity index (χ2n) is 4.88. The van der Waals surface area contributed by atoms with E-state index in [-0.39, 0.29) is 11.1 Å². The molecule has 0 heterocycles. The van der Waals surface area contributed by atoms with Gasteiger partial charge >= 0.3 is 11.9 Å². The van der Waals surface area contributed by atoms with Crippen LogP contribution in [0.1, 0.15) is 20.7 Å². The van der Waals surface area contributed by atoms with Crippen LogP contribution in [0.15, 0.2) is 36.4 Å². The van der Waals surface area contributed by atoms with E-state index in [1.54, 1.807) is 12.1 Å². The predicted octanol–water partition coefficient (Wildman–Crippen LogP) is 2.72. The molecule has 0 amide bonds. The number of hydrogen-bond acceptors (Lipinski definition) is 7. The zero-order chi connectivity index (χ0) is 18.4. The lowest BCUT2D eigenvalue weighted by atomic mass is 10.2. The van der Waals surface area contributed by atoms with E-state index in [9.17, 15) is 9.59 Å². The molecule has 0 atom stereocenters. The van der Waals surface area contributed by atoms with Crippen LogP contribution in [0.2, 0.25) is 0 Å². The zero-order valence-electron chi connectivity index (χ0n) is 14.3. The molecule has 0 spiro atoms. The summed E-state index contributed by atoms with van der Waals surface area (Å²) in [7, 11) is 5.82. The minimum absolute atomic E-state index is 0.124. The third kappa shape index (κ3) is 4.41. The Morgan fingerprint density at radius 3 is 1.08 bits per heavy atom. The molecule has 0 aliphatic heterocycles. The van der Waals surface area contributed by atoms with Gasteiger partial charge in [0.25, 0.3) is 0 Å². The predicted molar refractivity (Wildman–Crippen MR) is 88.8 cm³/mol. The molecule has 2 aromatic carbocycles. The van der Waals surface area contributed by atoms with E-state index in [0.717, 1.165) is 0 Å². The Morgan fingerprint density at radius 2 is 0.840 bits per heavy atom. The Kier molecular flexibility index (Phi) is 5.84. The summed E-state index contributed by atoms with van der Waals surface area (Å²) in [5.41, 5.74) is 0.249. The van der Waals surface area contributed by atoms with Gasteiger partial charge in [-0.3, -0.25) is 0 Å². The lowest BCUT2D eigenvalue weighted by molar-refractivity contribution is 0.0396. The second kappa shape index (κ2) is 8.05. The Labute approximate surface area is 145 Å². The van der Waals surface area contributed by atoms with Crippen LogP contribution in [0.3, 0.4) is 0 Å². The average Bonchev–Trinajstić information content (AvgIpc) is 2.66.